The minimum Gasteiger partial charge on any atom is -0.368 e. The van der Waals surface area contributed by atoms with Crippen LogP contribution in [-0.4, -0.2) is 47.9 Å². The lowest BCUT2D eigenvalue weighted by molar-refractivity contribution is -0.384. The van der Waals surface area contributed by atoms with Crippen LogP contribution in [0.1, 0.15) is 10.4 Å². The molecule has 0 radical (unpaired) electrons. The number of urea groups is 1. The van der Waals surface area contributed by atoms with Crippen LogP contribution in [0.15, 0.2) is 78.9 Å². The molecule has 0 aliphatic carbocycles. The molecule has 168 valence electrons. The second-order valence-electron chi connectivity index (χ2n) is 7.58. The summed E-state index contributed by atoms with van der Waals surface area (Å²) in [5, 5.41) is 16.5. The van der Waals surface area contributed by atoms with E-state index in [1.807, 2.05) is 30.3 Å². The van der Waals surface area contributed by atoms with E-state index < -0.39 is 4.92 Å². The lowest BCUT2D eigenvalue weighted by atomic mass is 10.2. The van der Waals surface area contributed by atoms with Gasteiger partial charge in [0.15, 0.2) is 0 Å². The maximum absolute atomic E-state index is 12.6. The fourth-order valence-electron chi connectivity index (χ4n) is 3.59. The van der Waals surface area contributed by atoms with E-state index >= 15 is 0 Å². The number of amides is 3. The highest BCUT2D eigenvalue weighted by molar-refractivity contribution is 6.04. The molecule has 0 bridgehead atoms. The molecule has 9 nitrogen and oxygen atoms in total. The zero-order valence-corrected chi connectivity index (χ0v) is 17.8. The summed E-state index contributed by atoms with van der Waals surface area (Å²) < 4.78 is 0. The number of piperazine rings is 1. The molecule has 0 spiro atoms. The Morgan fingerprint density at radius 3 is 1.97 bits per heavy atom. The minimum absolute atomic E-state index is 0.0559. The summed E-state index contributed by atoms with van der Waals surface area (Å²) in [6.45, 7) is 2.31. The standard InChI is InChI=1S/C24H23N5O4/c30-23(25-19-4-2-1-3-5-19)18-6-8-20(9-7-18)26-24(31)28-16-14-27(15-17-28)21-10-12-22(13-11-21)29(32)33/h1-13H,14-17H2,(H,25,30)(H,26,31). The van der Waals surface area contributed by atoms with Crippen LogP contribution < -0.4 is 15.5 Å². The van der Waals surface area contributed by atoms with E-state index in [2.05, 4.69) is 15.5 Å². The molecule has 1 aliphatic rings. The monoisotopic (exact) mass is 445 g/mol. The van der Waals surface area contributed by atoms with E-state index in [1.165, 1.54) is 12.1 Å². The Kier molecular flexibility index (Phi) is 6.49. The lowest BCUT2D eigenvalue weighted by Gasteiger charge is -2.36. The number of carbonyl (C=O) groups is 2. The molecular formula is C24H23N5O4. The molecule has 9 heteroatoms. The number of non-ortho nitro benzene ring substituents is 1. The number of rotatable bonds is 5. The van der Waals surface area contributed by atoms with Crippen molar-refractivity contribution in [2.24, 2.45) is 0 Å². The summed E-state index contributed by atoms with van der Waals surface area (Å²) in [5.74, 6) is -0.221. The van der Waals surface area contributed by atoms with Crippen molar-refractivity contribution in [2.45, 2.75) is 0 Å². The average Bonchev–Trinajstić information content (AvgIpc) is 2.85. The molecule has 0 unspecified atom stereocenters. The van der Waals surface area contributed by atoms with Crippen molar-refractivity contribution >= 4 is 34.7 Å². The molecular weight excluding hydrogens is 422 g/mol. The SMILES string of the molecule is O=C(Nc1ccccc1)c1ccc(NC(=O)N2CCN(c3ccc([N+](=O)[O-])cc3)CC2)cc1. The summed E-state index contributed by atoms with van der Waals surface area (Å²) >= 11 is 0. The number of hydrogen-bond acceptors (Lipinski definition) is 5. The molecule has 1 fully saturated rings. The molecule has 3 amide bonds. The second kappa shape index (κ2) is 9.82. The van der Waals surface area contributed by atoms with E-state index in [4.69, 9.17) is 0 Å². The first-order chi connectivity index (χ1) is 16.0. The Labute approximate surface area is 190 Å². The number of nitro benzene ring substituents is 1. The highest BCUT2D eigenvalue weighted by atomic mass is 16.6. The number of nitro groups is 1. The van der Waals surface area contributed by atoms with Gasteiger partial charge in [-0.1, -0.05) is 18.2 Å². The summed E-state index contributed by atoms with van der Waals surface area (Å²) in [6.07, 6.45) is 0. The summed E-state index contributed by atoms with van der Waals surface area (Å²) in [7, 11) is 0. The predicted octanol–water partition coefficient (Wildman–Crippen LogP) is 4.20. The molecule has 0 aromatic heterocycles. The minimum atomic E-state index is -0.422. The molecule has 33 heavy (non-hydrogen) atoms. The topological polar surface area (TPSA) is 108 Å². The van der Waals surface area contributed by atoms with Gasteiger partial charge in [-0.15, -0.1) is 0 Å². The first kappa shape index (κ1) is 21.8. The van der Waals surface area contributed by atoms with Crippen molar-refractivity contribution in [3.63, 3.8) is 0 Å². The van der Waals surface area contributed by atoms with Crippen LogP contribution in [0.2, 0.25) is 0 Å². The Morgan fingerprint density at radius 1 is 0.758 bits per heavy atom. The summed E-state index contributed by atoms with van der Waals surface area (Å²) in [6, 6.07) is 22.1. The molecule has 3 aromatic carbocycles. The smallest absolute Gasteiger partial charge is 0.321 e. The Hall–Kier alpha value is -4.40. The first-order valence-electron chi connectivity index (χ1n) is 10.5. The van der Waals surface area contributed by atoms with Gasteiger partial charge in [0.05, 0.1) is 4.92 Å². The maximum Gasteiger partial charge on any atom is 0.321 e. The van der Waals surface area contributed by atoms with Gasteiger partial charge in [0.2, 0.25) is 0 Å². The Balaban J connectivity index is 1.28. The van der Waals surface area contributed by atoms with Crippen LogP contribution in [-0.2, 0) is 0 Å². The van der Waals surface area contributed by atoms with Crippen LogP contribution in [0.4, 0.5) is 27.5 Å². The fraction of sp³-hybridized carbons (Fsp3) is 0.167. The van der Waals surface area contributed by atoms with Crippen LogP contribution in [0, 0.1) is 10.1 Å². The van der Waals surface area contributed by atoms with Gasteiger partial charge in [0.25, 0.3) is 11.6 Å². The fourth-order valence-corrected chi connectivity index (χ4v) is 3.59. The van der Waals surface area contributed by atoms with Crippen LogP contribution in [0.3, 0.4) is 0 Å². The predicted molar refractivity (Wildman–Crippen MR) is 127 cm³/mol. The maximum atomic E-state index is 12.6. The zero-order chi connectivity index (χ0) is 23.2. The third-order valence-electron chi connectivity index (χ3n) is 5.42. The van der Waals surface area contributed by atoms with Gasteiger partial charge in [0.1, 0.15) is 0 Å². The van der Waals surface area contributed by atoms with Crippen molar-refractivity contribution < 1.29 is 14.5 Å². The quantitative estimate of drug-likeness (QED) is 0.452. The highest BCUT2D eigenvalue weighted by Crippen LogP contribution is 2.21. The number of carbonyl (C=O) groups excluding carboxylic acids is 2. The van der Waals surface area contributed by atoms with Crippen molar-refractivity contribution in [1.82, 2.24) is 4.90 Å². The van der Waals surface area contributed by atoms with Gasteiger partial charge >= 0.3 is 6.03 Å². The van der Waals surface area contributed by atoms with E-state index in [0.29, 0.717) is 43.1 Å². The van der Waals surface area contributed by atoms with Crippen LogP contribution in [0.5, 0.6) is 0 Å². The van der Waals surface area contributed by atoms with Gasteiger partial charge < -0.3 is 20.4 Å². The summed E-state index contributed by atoms with van der Waals surface area (Å²) in [4.78, 5) is 39.2. The van der Waals surface area contributed by atoms with E-state index in [1.54, 1.807) is 41.3 Å². The van der Waals surface area contributed by atoms with Gasteiger partial charge in [-0.2, -0.15) is 0 Å². The van der Waals surface area contributed by atoms with Crippen molar-refractivity contribution in [1.29, 1.82) is 0 Å². The average molecular weight is 445 g/mol. The van der Waals surface area contributed by atoms with Crippen molar-refractivity contribution in [3.05, 3.63) is 94.5 Å². The largest absolute Gasteiger partial charge is 0.368 e. The molecule has 0 saturated carbocycles. The Morgan fingerprint density at radius 2 is 1.36 bits per heavy atom. The second-order valence-corrected chi connectivity index (χ2v) is 7.58. The normalized spacial score (nSPS) is 13.3. The van der Waals surface area contributed by atoms with Gasteiger partial charge in [-0.25, -0.2) is 4.79 Å². The molecule has 4 rings (SSSR count). The molecule has 1 aliphatic heterocycles. The van der Waals surface area contributed by atoms with E-state index in [-0.39, 0.29) is 17.6 Å². The van der Waals surface area contributed by atoms with Crippen LogP contribution in [0.25, 0.3) is 0 Å². The van der Waals surface area contributed by atoms with Crippen molar-refractivity contribution in [2.75, 3.05) is 41.7 Å². The van der Waals surface area contributed by atoms with Gasteiger partial charge in [-0.05, 0) is 48.5 Å². The molecule has 3 aromatic rings. The number of benzene rings is 3. The highest BCUT2D eigenvalue weighted by Gasteiger charge is 2.22. The van der Waals surface area contributed by atoms with Crippen molar-refractivity contribution in [3.8, 4) is 0 Å². The van der Waals surface area contributed by atoms with E-state index in [0.717, 1.165) is 5.69 Å². The zero-order valence-electron chi connectivity index (χ0n) is 17.8. The summed E-state index contributed by atoms with van der Waals surface area (Å²) in [5.41, 5.74) is 2.76. The Bertz CT molecular complexity index is 1130. The van der Waals surface area contributed by atoms with Crippen LogP contribution >= 0.6 is 0 Å². The van der Waals surface area contributed by atoms with E-state index in [9.17, 15) is 19.7 Å². The number of hydrogen-bond donors (Lipinski definition) is 2. The molecule has 0 atom stereocenters. The molecule has 2 N–H and O–H groups in total. The van der Waals surface area contributed by atoms with Gasteiger partial charge in [0, 0.05) is 60.9 Å². The number of para-hydroxylation sites is 1. The van der Waals surface area contributed by atoms with Gasteiger partial charge in [-0.3, -0.25) is 14.9 Å². The first-order valence-corrected chi connectivity index (χ1v) is 10.5. The third-order valence-corrected chi connectivity index (χ3v) is 5.42. The number of anilines is 3. The third kappa shape index (κ3) is 5.45. The number of nitrogens with zero attached hydrogens (tertiary/aromatic N) is 3. The number of nitrogens with one attached hydrogen (secondary N) is 2. The molecule has 1 heterocycles. The lowest BCUT2D eigenvalue weighted by Crippen LogP contribution is -2.50. The molecule has 1 saturated heterocycles.